The molecule has 0 bridgehead atoms. The van der Waals surface area contributed by atoms with E-state index in [0.717, 1.165) is 0 Å². The van der Waals surface area contributed by atoms with Gasteiger partial charge in [-0.3, -0.25) is 4.79 Å². The van der Waals surface area contributed by atoms with Crippen LogP contribution in [0, 0.1) is 11.2 Å². The van der Waals surface area contributed by atoms with E-state index in [-0.39, 0.29) is 17.7 Å². The first-order valence-electron chi connectivity index (χ1n) is 4.65. The predicted molar refractivity (Wildman–Crippen MR) is 60.9 cm³/mol. The van der Waals surface area contributed by atoms with E-state index in [4.69, 9.17) is 5.11 Å². The number of carbonyl (C=O) groups is 1. The summed E-state index contributed by atoms with van der Waals surface area (Å²) >= 11 is 3.06. The van der Waals surface area contributed by atoms with Crippen LogP contribution in [0.15, 0.2) is 16.6 Å². The second kappa shape index (κ2) is 4.41. The van der Waals surface area contributed by atoms with Gasteiger partial charge in [0.1, 0.15) is 11.6 Å². The molecule has 1 rings (SSSR count). The molecule has 5 heteroatoms. The van der Waals surface area contributed by atoms with Gasteiger partial charge in [-0.15, -0.1) is 0 Å². The van der Waals surface area contributed by atoms with Crippen molar-refractivity contribution < 1.29 is 19.4 Å². The van der Waals surface area contributed by atoms with Crippen LogP contribution in [-0.4, -0.2) is 16.2 Å². The lowest BCUT2D eigenvalue weighted by atomic mass is 9.85. The Bertz CT molecular complexity index is 429. The van der Waals surface area contributed by atoms with E-state index in [2.05, 4.69) is 15.9 Å². The van der Waals surface area contributed by atoms with E-state index >= 15 is 0 Å². The molecule has 3 nitrogen and oxygen atoms in total. The molecular formula is C11H12BrFO3. The van der Waals surface area contributed by atoms with E-state index in [9.17, 15) is 14.3 Å². The number of aromatic hydroxyl groups is 1. The molecule has 1 aromatic carbocycles. The molecular weight excluding hydrogens is 279 g/mol. The summed E-state index contributed by atoms with van der Waals surface area (Å²) in [6.45, 7) is 2.96. The van der Waals surface area contributed by atoms with Gasteiger partial charge in [0.25, 0.3) is 0 Å². The quantitative estimate of drug-likeness (QED) is 0.900. The molecule has 0 saturated carbocycles. The summed E-state index contributed by atoms with van der Waals surface area (Å²) in [4.78, 5) is 10.9. The second-order valence-corrected chi connectivity index (χ2v) is 5.08. The Hall–Kier alpha value is -1.10. The van der Waals surface area contributed by atoms with Crippen LogP contribution in [-0.2, 0) is 11.2 Å². The van der Waals surface area contributed by atoms with E-state index in [1.807, 2.05) is 0 Å². The number of hydrogen-bond acceptors (Lipinski definition) is 2. The largest absolute Gasteiger partial charge is 0.506 e. The molecule has 0 fully saturated rings. The lowest BCUT2D eigenvalue weighted by Crippen LogP contribution is -2.26. The lowest BCUT2D eigenvalue weighted by molar-refractivity contribution is -0.146. The van der Waals surface area contributed by atoms with E-state index in [1.54, 1.807) is 0 Å². The summed E-state index contributed by atoms with van der Waals surface area (Å²) in [5.41, 5.74) is -1.11. The Morgan fingerprint density at radius 1 is 1.50 bits per heavy atom. The Morgan fingerprint density at radius 3 is 2.56 bits per heavy atom. The maximum absolute atomic E-state index is 13.5. The van der Waals surface area contributed by atoms with Gasteiger partial charge < -0.3 is 10.2 Å². The summed E-state index contributed by atoms with van der Waals surface area (Å²) in [6, 6.07) is 2.57. The minimum absolute atomic E-state index is 0.0155. The topological polar surface area (TPSA) is 57.5 Å². The zero-order chi connectivity index (χ0) is 12.5. The molecule has 2 N–H and O–H groups in total. The highest BCUT2D eigenvalue weighted by molar-refractivity contribution is 9.10. The Balaban J connectivity index is 3.15. The van der Waals surface area contributed by atoms with Gasteiger partial charge in [0, 0.05) is 5.56 Å². The molecule has 0 saturated heterocycles. The minimum Gasteiger partial charge on any atom is -0.506 e. The summed E-state index contributed by atoms with van der Waals surface area (Å²) in [7, 11) is 0. The van der Waals surface area contributed by atoms with Crippen LogP contribution < -0.4 is 0 Å². The molecule has 16 heavy (non-hydrogen) atoms. The first kappa shape index (κ1) is 13.0. The van der Waals surface area contributed by atoms with Crippen molar-refractivity contribution in [2.75, 3.05) is 0 Å². The molecule has 0 aliphatic carbocycles. The van der Waals surface area contributed by atoms with Crippen molar-refractivity contribution in [2.24, 2.45) is 5.41 Å². The third-order valence-electron chi connectivity index (χ3n) is 2.37. The number of phenols is 1. The highest BCUT2D eigenvalue weighted by Crippen LogP contribution is 2.34. The molecule has 0 atom stereocenters. The molecule has 88 valence electrons. The SMILES string of the molecule is CC(C)(Cc1c(F)ccc(Br)c1O)C(=O)O. The summed E-state index contributed by atoms with van der Waals surface area (Å²) < 4.78 is 13.8. The molecule has 0 aliphatic heterocycles. The minimum atomic E-state index is -1.13. The van der Waals surface area contributed by atoms with Crippen molar-refractivity contribution in [3.05, 3.63) is 28.0 Å². The van der Waals surface area contributed by atoms with Crippen LogP contribution in [0.3, 0.4) is 0 Å². The fraction of sp³-hybridized carbons (Fsp3) is 0.364. The highest BCUT2D eigenvalue weighted by Gasteiger charge is 2.30. The summed E-state index contributed by atoms with van der Waals surface area (Å²) in [5.74, 6) is -1.88. The van der Waals surface area contributed by atoms with Crippen molar-refractivity contribution >= 4 is 21.9 Å². The van der Waals surface area contributed by atoms with Gasteiger partial charge >= 0.3 is 5.97 Å². The first-order chi connectivity index (χ1) is 7.25. The Kier molecular flexibility index (Phi) is 3.57. The first-order valence-corrected chi connectivity index (χ1v) is 5.44. The van der Waals surface area contributed by atoms with Gasteiger partial charge in [-0.1, -0.05) is 0 Å². The molecule has 0 heterocycles. The van der Waals surface area contributed by atoms with Gasteiger partial charge in [0.05, 0.1) is 9.89 Å². The molecule has 0 spiro atoms. The summed E-state index contributed by atoms with van der Waals surface area (Å²) in [6.07, 6.45) is -0.0700. The normalized spacial score (nSPS) is 11.5. The van der Waals surface area contributed by atoms with Gasteiger partial charge in [-0.05, 0) is 48.3 Å². The van der Waals surface area contributed by atoms with Crippen LogP contribution in [0.2, 0.25) is 0 Å². The third kappa shape index (κ3) is 2.52. The van der Waals surface area contributed by atoms with Crippen LogP contribution in [0.1, 0.15) is 19.4 Å². The van der Waals surface area contributed by atoms with E-state index in [0.29, 0.717) is 4.47 Å². The Morgan fingerprint density at radius 2 is 2.06 bits per heavy atom. The van der Waals surface area contributed by atoms with E-state index in [1.165, 1.54) is 26.0 Å². The zero-order valence-electron chi connectivity index (χ0n) is 8.92. The number of rotatable bonds is 3. The number of hydrogen-bond donors (Lipinski definition) is 2. The average Bonchev–Trinajstić information content (AvgIpc) is 2.18. The lowest BCUT2D eigenvalue weighted by Gasteiger charge is -2.20. The number of benzene rings is 1. The van der Waals surface area contributed by atoms with Gasteiger partial charge in [-0.2, -0.15) is 0 Å². The number of carboxylic acid groups (broad SMARTS) is 1. The zero-order valence-corrected chi connectivity index (χ0v) is 10.5. The van der Waals surface area contributed by atoms with Crippen LogP contribution in [0.5, 0.6) is 5.75 Å². The fourth-order valence-corrected chi connectivity index (χ4v) is 1.64. The number of carboxylic acids is 1. The smallest absolute Gasteiger partial charge is 0.309 e. The maximum Gasteiger partial charge on any atom is 0.309 e. The molecule has 1 aromatic rings. The monoisotopic (exact) mass is 290 g/mol. The van der Waals surface area contributed by atoms with Crippen molar-refractivity contribution in [3.63, 3.8) is 0 Å². The number of phenolic OH excluding ortho intramolecular Hbond substituents is 1. The molecule has 0 aliphatic rings. The molecule has 0 amide bonds. The fourth-order valence-electron chi connectivity index (χ4n) is 1.27. The summed E-state index contributed by atoms with van der Waals surface area (Å²) in [5, 5.41) is 18.6. The molecule has 0 aromatic heterocycles. The average molecular weight is 291 g/mol. The number of aliphatic carboxylic acids is 1. The van der Waals surface area contributed by atoms with Crippen molar-refractivity contribution in [1.29, 1.82) is 0 Å². The second-order valence-electron chi connectivity index (χ2n) is 4.22. The van der Waals surface area contributed by atoms with Crippen LogP contribution >= 0.6 is 15.9 Å². The van der Waals surface area contributed by atoms with E-state index < -0.39 is 17.2 Å². The van der Waals surface area contributed by atoms with Crippen LogP contribution in [0.4, 0.5) is 4.39 Å². The van der Waals surface area contributed by atoms with Crippen molar-refractivity contribution in [1.82, 2.24) is 0 Å². The van der Waals surface area contributed by atoms with Gasteiger partial charge in [-0.25, -0.2) is 4.39 Å². The third-order valence-corrected chi connectivity index (χ3v) is 3.01. The van der Waals surface area contributed by atoms with Crippen LogP contribution in [0.25, 0.3) is 0 Å². The highest BCUT2D eigenvalue weighted by atomic mass is 79.9. The Labute approximate surface area is 101 Å². The van der Waals surface area contributed by atoms with Gasteiger partial charge in [0.2, 0.25) is 0 Å². The molecule has 0 radical (unpaired) electrons. The van der Waals surface area contributed by atoms with Crippen molar-refractivity contribution in [2.45, 2.75) is 20.3 Å². The standard InChI is InChI=1S/C11H12BrFO3/c1-11(2,10(15)16)5-6-8(13)4-3-7(12)9(6)14/h3-4,14H,5H2,1-2H3,(H,15,16). The molecule has 0 unspecified atom stereocenters. The predicted octanol–water partition coefficient (Wildman–Crippen LogP) is 2.95. The maximum atomic E-state index is 13.5. The van der Waals surface area contributed by atoms with Gasteiger partial charge in [0.15, 0.2) is 0 Å². The number of halogens is 2. The van der Waals surface area contributed by atoms with Crippen molar-refractivity contribution in [3.8, 4) is 5.75 Å².